The molecule has 3 aromatic carbocycles. The molecule has 11 rings (SSSR count). The van der Waals surface area contributed by atoms with E-state index in [1.807, 2.05) is 117 Å². The summed E-state index contributed by atoms with van der Waals surface area (Å²) in [6.45, 7) is 10.2. The number of rotatable bonds is 32. The standard InChI is InChI=1S/C79H77N5O5S6/c1-6-10-14-16-18-54-44-66(38-34-58-28-30-63(82(58)40-12-8-3)42-56(50-80)78(85)86)90-76(54)74-48-72-70(94-74)46-68(92-72)52-20-24-60(25-21-52)84(62-32-36-65(89-5)37-33-62)61-26-22-53(23-27-61)69-47-71-73(93-69)49-75(95-71)77-55(19-17-15-11-7-2)45-67(91-77)39-35-59-29-31-64(83(59)41-13-9-4)43-57(51-81)79(87)88/h20-39,42-49H,6-19,40-41H2,1-5H3,(H,85,86)(H,87,88)/b38-34+,39-35+,56-42+,57-43+. The maximum Gasteiger partial charge on any atom is 0.346 e. The van der Waals surface area contributed by atoms with Crippen LogP contribution < -0.4 is 9.64 Å². The number of hydrogen-bond acceptors (Lipinski definition) is 12. The molecule has 10 nitrogen and oxygen atoms in total. The van der Waals surface area contributed by atoms with Crippen LogP contribution in [-0.4, -0.2) is 38.4 Å². The van der Waals surface area contributed by atoms with Crippen molar-refractivity contribution in [2.75, 3.05) is 12.0 Å². The molecule has 0 bridgehead atoms. The van der Waals surface area contributed by atoms with E-state index in [1.165, 1.54) is 131 Å². The molecule has 0 aliphatic carbocycles. The molecule has 95 heavy (non-hydrogen) atoms. The van der Waals surface area contributed by atoms with Crippen molar-refractivity contribution in [2.24, 2.45) is 0 Å². The van der Waals surface area contributed by atoms with E-state index >= 15 is 0 Å². The van der Waals surface area contributed by atoms with Gasteiger partial charge in [-0.15, -0.1) is 68.0 Å². The van der Waals surface area contributed by atoms with E-state index in [4.69, 9.17) is 4.74 Å². The molecular weight excluding hydrogens is 1290 g/mol. The van der Waals surface area contributed by atoms with Gasteiger partial charge in [0.25, 0.3) is 0 Å². The number of carboxylic acids is 2. The number of hydrogen-bond donors (Lipinski definition) is 2. The van der Waals surface area contributed by atoms with Gasteiger partial charge in [-0.3, -0.25) is 0 Å². The summed E-state index contributed by atoms with van der Waals surface area (Å²) in [4.78, 5) is 35.8. The Labute approximate surface area is 581 Å². The van der Waals surface area contributed by atoms with E-state index in [9.17, 15) is 30.3 Å². The predicted octanol–water partition coefficient (Wildman–Crippen LogP) is 24.3. The van der Waals surface area contributed by atoms with Gasteiger partial charge in [0, 0.05) is 111 Å². The molecule has 0 amide bonds. The highest BCUT2D eigenvalue weighted by Crippen LogP contribution is 2.48. The third kappa shape index (κ3) is 16.2. The van der Waals surface area contributed by atoms with Gasteiger partial charge in [-0.25, -0.2) is 9.59 Å². The second kappa shape index (κ2) is 32.2. The highest BCUT2D eigenvalue weighted by atomic mass is 32.1. The molecule has 0 unspecified atom stereocenters. The molecule has 0 spiro atoms. The van der Waals surface area contributed by atoms with Crippen LogP contribution in [0.3, 0.4) is 0 Å². The Balaban J connectivity index is 0.823. The van der Waals surface area contributed by atoms with Gasteiger partial charge in [0.2, 0.25) is 0 Å². The normalized spacial score (nSPS) is 12.1. The van der Waals surface area contributed by atoms with Crippen LogP contribution in [0.15, 0.2) is 145 Å². The molecule has 0 aliphatic rings. The van der Waals surface area contributed by atoms with Gasteiger partial charge in [0.05, 0.1) is 7.11 Å². The minimum absolute atomic E-state index is 0.276. The van der Waals surface area contributed by atoms with Crippen LogP contribution in [0.2, 0.25) is 0 Å². The van der Waals surface area contributed by atoms with Crippen molar-refractivity contribution in [3.8, 4) is 58.3 Å². The molecule has 16 heteroatoms. The van der Waals surface area contributed by atoms with Crippen molar-refractivity contribution in [1.82, 2.24) is 9.13 Å². The molecule has 0 fully saturated rings. The van der Waals surface area contributed by atoms with Crippen molar-refractivity contribution < 1.29 is 24.5 Å². The average molecular weight is 1370 g/mol. The highest BCUT2D eigenvalue weighted by molar-refractivity contribution is 7.33. The molecule has 0 aliphatic heterocycles. The number of benzene rings is 3. The van der Waals surface area contributed by atoms with E-state index in [1.54, 1.807) is 7.11 Å². The monoisotopic (exact) mass is 1370 g/mol. The number of carbonyl (C=O) groups is 2. The molecule has 0 atom stereocenters. The van der Waals surface area contributed by atoms with Crippen molar-refractivity contribution >= 4 is 152 Å². The Morgan fingerprint density at radius 3 is 1.19 bits per heavy atom. The maximum atomic E-state index is 11.7. The number of nitrogens with zero attached hydrogens (tertiary/aromatic N) is 5. The summed E-state index contributed by atoms with van der Waals surface area (Å²) >= 11 is 11.1. The minimum atomic E-state index is -1.22. The number of carboxylic acid groups (broad SMARTS) is 2. The van der Waals surface area contributed by atoms with E-state index in [0.717, 1.165) is 98.7 Å². The van der Waals surface area contributed by atoms with Crippen LogP contribution in [0, 0.1) is 22.7 Å². The largest absolute Gasteiger partial charge is 0.497 e. The Morgan fingerprint density at radius 1 is 0.453 bits per heavy atom. The molecule has 0 saturated carbocycles. The molecule has 2 N–H and O–H groups in total. The lowest BCUT2D eigenvalue weighted by molar-refractivity contribution is -0.133. The molecule has 8 heterocycles. The van der Waals surface area contributed by atoms with Crippen LogP contribution >= 0.6 is 68.0 Å². The molecule has 11 aromatic rings. The van der Waals surface area contributed by atoms with Gasteiger partial charge in [-0.1, -0.05) is 103 Å². The lowest BCUT2D eigenvalue weighted by Gasteiger charge is -2.26. The maximum absolute atomic E-state index is 11.7. The van der Waals surface area contributed by atoms with Crippen molar-refractivity contribution in [2.45, 2.75) is 131 Å². The second-order valence-corrected chi connectivity index (χ2v) is 30.2. The number of ether oxygens (including phenoxy) is 1. The zero-order valence-electron chi connectivity index (χ0n) is 54.3. The van der Waals surface area contributed by atoms with Crippen LogP contribution in [0.25, 0.3) is 95.6 Å². The second-order valence-electron chi connectivity index (χ2n) is 23.6. The van der Waals surface area contributed by atoms with Gasteiger partial charge in [0.15, 0.2) is 0 Å². The summed E-state index contributed by atoms with van der Waals surface area (Å²) in [7, 11) is 1.70. The van der Waals surface area contributed by atoms with Crippen LogP contribution in [-0.2, 0) is 35.5 Å². The van der Waals surface area contributed by atoms with E-state index < -0.39 is 11.9 Å². The van der Waals surface area contributed by atoms with Crippen LogP contribution in [0.1, 0.15) is 148 Å². The SMILES string of the molecule is CCCCCCc1cc(/C=C/c2ccc(/C=C(\C#N)C(=O)O)n2CCCC)sc1-c1cc2sc(-c3ccc(N(c4ccc(OC)cc4)c4ccc(-c5cc6sc(-c7sc(/C=C/c8ccc(/C=C(\C#N)C(=O)O)n8CCCC)cc7CCCCCC)cc6s5)cc4)cc3)cc2s1. The molecule has 8 aromatic heterocycles. The van der Waals surface area contributed by atoms with Gasteiger partial charge in [0.1, 0.15) is 29.0 Å². The molecular formula is C79H77N5O5S6. The summed E-state index contributed by atoms with van der Waals surface area (Å²) in [5, 5.41) is 38.2. The number of unbranched alkanes of at least 4 members (excludes halogenated alkanes) is 8. The first-order chi connectivity index (χ1) is 46.4. The summed E-state index contributed by atoms with van der Waals surface area (Å²) in [6.07, 6.45) is 27.0. The fraction of sp³-hybridized carbons (Fsp3) is 0.266. The number of nitriles is 2. The van der Waals surface area contributed by atoms with Gasteiger partial charge >= 0.3 is 11.9 Å². The summed E-state index contributed by atoms with van der Waals surface area (Å²) < 4.78 is 14.9. The highest BCUT2D eigenvalue weighted by Gasteiger charge is 2.21. The molecule has 0 saturated heterocycles. The third-order valence-electron chi connectivity index (χ3n) is 17.0. The number of fused-ring (bicyclic) bond motifs is 2. The fourth-order valence-corrected chi connectivity index (χ4v) is 19.2. The van der Waals surface area contributed by atoms with Crippen molar-refractivity contribution in [3.63, 3.8) is 0 Å². The first-order valence-corrected chi connectivity index (χ1v) is 37.7. The average Bonchev–Trinajstić information content (AvgIpc) is 1.69. The summed E-state index contributed by atoms with van der Waals surface area (Å²) in [6, 6.07) is 51.8. The number of anilines is 3. The quantitative estimate of drug-likeness (QED) is 0.0241. The first-order valence-electron chi connectivity index (χ1n) is 32.8. The third-order valence-corrected chi connectivity index (χ3v) is 24.3. The molecule has 484 valence electrons. The zero-order chi connectivity index (χ0) is 66.4. The fourth-order valence-electron chi connectivity index (χ4n) is 11.9. The van der Waals surface area contributed by atoms with E-state index in [0.29, 0.717) is 11.4 Å². The Kier molecular flexibility index (Phi) is 23.0. The smallest absolute Gasteiger partial charge is 0.346 e. The number of methoxy groups -OCH3 is 1. The Morgan fingerprint density at radius 2 is 0.821 bits per heavy atom. The summed E-state index contributed by atoms with van der Waals surface area (Å²) in [5.74, 6) is -1.64. The van der Waals surface area contributed by atoms with Crippen molar-refractivity contribution in [1.29, 1.82) is 10.5 Å². The van der Waals surface area contributed by atoms with E-state index in [-0.39, 0.29) is 11.1 Å². The number of aliphatic carboxylic acids is 2. The summed E-state index contributed by atoms with van der Waals surface area (Å²) in [5.41, 5.74) is 11.1. The van der Waals surface area contributed by atoms with Gasteiger partial charge in [-0.05, 0) is 206 Å². The predicted molar refractivity (Wildman–Crippen MR) is 406 cm³/mol. The lowest BCUT2D eigenvalue weighted by Crippen LogP contribution is -2.09. The van der Waals surface area contributed by atoms with Gasteiger partial charge < -0.3 is 29.0 Å². The van der Waals surface area contributed by atoms with Crippen LogP contribution in [0.4, 0.5) is 17.1 Å². The number of thiophene rings is 6. The number of aryl methyl sites for hydroxylation is 2. The van der Waals surface area contributed by atoms with Crippen molar-refractivity contribution in [3.05, 3.63) is 188 Å². The topological polar surface area (TPSA) is 145 Å². The first kappa shape index (κ1) is 67.8. The lowest BCUT2D eigenvalue weighted by atomic mass is 10.1. The zero-order valence-corrected chi connectivity index (χ0v) is 59.2. The molecule has 0 radical (unpaired) electrons. The Hall–Kier alpha value is -8.58. The Bertz CT molecular complexity index is 4350. The number of aromatic nitrogens is 2. The van der Waals surface area contributed by atoms with Crippen LogP contribution in [0.5, 0.6) is 5.75 Å². The van der Waals surface area contributed by atoms with E-state index in [2.05, 4.69) is 163 Å². The van der Waals surface area contributed by atoms with Gasteiger partial charge in [-0.2, -0.15) is 10.5 Å². The minimum Gasteiger partial charge on any atom is -0.497 e.